The molecule has 0 spiro atoms. The molecular weight excluding hydrogens is 530 g/mol. The number of phenols is 1. The Bertz CT molecular complexity index is 772. The second kappa shape index (κ2) is 15.9. The van der Waals surface area contributed by atoms with Crippen molar-refractivity contribution in [1.29, 1.82) is 0 Å². The summed E-state index contributed by atoms with van der Waals surface area (Å²) < 4.78 is 15.1. The Morgan fingerprint density at radius 1 is 0.966 bits per heavy atom. The standard InChI is InChI=1S/C17H14NO6.2CH3.H2N.2Y/c19-14-4-1-11(2-5-14)16(20)23-10-24-17(21)12-3-6-15-13(7-12)8-18-9-22-15;;;;;/h1-7,19H,8-10H2;2*1H3;1H2;;/q4*-1;;. The molecule has 1 heterocycles. The molecule has 0 unspecified atom stereocenters. The number of benzene rings is 2. The van der Waals surface area contributed by atoms with E-state index in [1.807, 2.05) is 0 Å². The molecule has 2 aromatic rings. The summed E-state index contributed by atoms with van der Waals surface area (Å²) in [5, 5.41) is 13.2. The van der Waals surface area contributed by atoms with Crippen molar-refractivity contribution in [1.82, 2.24) is 0 Å². The van der Waals surface area contributed by atoms with Gasteiger partial charge in [-0.3, -0.25) is 0 Å². The van der Waals surface area contributed by atoms with Gasteiger partial charge >= 0.3 is 11.9 Å². The first kappa shape index (κ1) is 32.8. The van der Waals surface area contributed by atoms with Crippen LogP contribution < -0.4 is 4.74 Å². The third-order valence-electron chi connectivity index (χ3n) is 3.37. The van der Waals surface area contributed by atoms with E-state index in [1.54, 1.807) is 18.2 Å². The zero-order valence-corrected chi connectivity index (χ0v) is 22.0. The van der Waals surface area contributed by atoms with Gasteiger partial charge in [-0.25, -0.2) is 9.59 Å². The second-order valence-electron chi connectivity index (χ2n) is 5.01. The number of rotatable bonds is 4. The van der Waals surface area contributed by atoms with Crippen molar-refractivity contribution in [2.45, 2.75) is 6.54 Å². The first-order valence-electron chi connectivity index (χ1n) is 7.16. The molecule has 0 atom stereocenters. The molecule has 2 radical (unpaired) electrons. The van der Waals surface area contributed by atoms with Crippen LogP contribution in [0.3, 0.4) is 0 Å². The average molecular weight is 552 g/mol. The molecule has 0 amide bonds. The van der Waals surface area contributed by atoms with Crippen molar-refractivity contribution in [3.8, 4) is 11.5 Å². The van der Waals surface area contributed by atoms with E-state index in [2.05, 4.69) is 5.32 Å². The van der Waals surface area contributed by atoms with E-state index in [-0.39, 0.29) is 97.7 Å². The number of aromatic hydroxyl groups is 1. The maximum absolute atomic E-state index is 12.0. The van der Waals surface area contributed by atoms with Crippen molar-refractivity contribution >= 4 is 11.9 Å². The number of nitrogens with two attached hydrogens (primary N) is 1. The number of nitrogens with zero attached hydrogens (tertiary/aromatic N) is 1. The first-order chi connectivity index (χ1) is 11.6. The topological polar surface area (TPSA) is 130 Å². The molecule has 3 N–H and O–H groups in total. The molecule has 3 rings (SSSR count). The zero-order chi connectivity index (χ0) is 16.9. The van der Waals surface area contributed by atoms with Gasteiger partial charge < -0.3 is 45.6 Å². The Kier molecular flexibility index (Phi) is 17.9. The first-order valence-corrected chi connectivity index (χ1v) is 7.16. The molecule has 1 aliphatic heterocycles. The average Bonchev–Trinajstić information content (AvgIpc) is 2.61. The van der Waals surface area contributed by atoms with Crippen molar-refractivity contribution in [3.63, 3.8) is 0 Å². The van der Waals surface area contributed by atoms with Crippen LogP contribution in [0, 0.1) is 14.9 Å². The number of hydrogen-bond acceptors (Lipinski definition) is 6. The minimum absolute atomic E-state index is 0. The molecule has 0 aliphatic carbocycles. The Balaban J connectivity index is -0.00000135. The molecule has 10 heteroatoms. The maximum Gasteiger partial charge on any atom is 0.341 e. The molecule has 0 fully saturated rings. The van der Waals surface area contributed by atoms with E-state index in [0.29, 0.717) is 24.6 Å². The second-order valence-corrected chi connectivity index (χ2v) is 5.01. The van der Waals surface area contributed by atoms with Gasteiger partial charge in [-0.15, -0.1) is 6.54 Å². The van der Waals surface area contributed by atoms with Crippen LogP contribution in [0.15, 0.2) is 42.5 Å². The van der Waals surface area contributed by atoms with E-state index in [1.165, 1.54) is 24.3 Å². The normalized spacial score (nSPS) is 10.5. The molecule has 2 aromatic carbocycles. The van der Waals surface area contributed by atoms with Gasteiger partial charge in [0.15, 0.2) is 0 Å². The fraction of sp³-hybridized carbons (Fsp3) is 0.158. The van der Waals surface area contributed by atoms with Crippen molar-refractivity contribution < 1.29 is 94.3 Å². The van der Waals surface area contributed by atoms with Gasteiger partial charge in [-0.1, -0.05) is 0 Å². The van der Waals surface area contributed by atoms with Gasteiger partial charge in [-0.2, -0.15) is 0 Å². The minimum atomic E-state index is -0.652. The Hall–Kier alpha value is -0.892. The monoisotopic (exact) mass is 552 g/mol. The van der Waals surface area contributed by atoms with E-state index < -0.39 is 18.7 Å². The summed E-state index contributed by atoms with van der Waals surface area (Å²) in [5.41, 5.74) is 1.38. The van der Waals surface area contributed by atoms with Crippen LogP contribution in [-0.2, 0) is 81.4 Å². The maximum atomic E-state index is 12.0. The number of fused-ring (bicyclic) bond motifs is 1. The Morgan fingerprint density at radius 2 is 1.52 bits per heavy atom. The smallest absolute Gasteiger partial charge is 0.341 e. The van der Waals surface area contributed by atoms with Gasteiger partial charge in [0.05, 0.1) is 11.1 Å². The third-order valence-corrected chi connectivity index (χ3v) is 3.37. The van der Waals surface area contributed by atoms with Crippen LogP contribution >= 0.6 is 0 Å². The Labute approximate surface area is 221 Å². The molecule has 154 valence electrons. The molecule has 0 bridgehead atoms. The number of esters is 2. The summed E-state index contributed by atoms with van der Waals surface area (Å²) in [7, 11) is 0. The fourth-order valence-corrected chi connectivity index (χ4v) is 2.15. The summed E-state index contributed by atoms with van der Waals surface area (Å²) in [6.07, 6.45) is 0. The molecule has 0 saturated heterocycles. The largest absolute Gasteiger partial charge is 0.693 e. The quantitative estimate of drug-likeness (QED) is 0.344. The molecule has 8 nitrogen and oxygen atoms in total. The fourth-order valence-electron chi connectivity index (χ4n) is 2.15. The van der Waals surface area contributed by atoms with E-state index in [0.717, 1.165) is 5.56 Å². The van der Waals surface area contributed by atoms with Gasteiger partial charge in [-0.05, 0) is 48.0 Å². The van der Waals surface area contributed by atoms with Crippen LogP contribution in [0.4, 0.5) is 0 Å². The van der Waals surface area contributed by atoms with Crippen LogP contribution in [0.5, 0.6) is 11.5 Å². The molecule has 29 heavy (non-hydrogen) atoms. The van der Waals surface area contributed by atoms with Crippen molar-refractivity contribution in [2.75, 3.05) is 13.5 Å². The number of ether oxygens (including phenoxy) is 3. The van der Waals surface area contributed by atoms with E-state index in [9.17, 15) is 9.59 Å². The third kappa shape index (κ3) is 9.20. The van der Waals surface area contributed by atoms with Crippen molar-refractivity contribution in [3.05, 3.63) is 85.5 Å². The summed E-state index contributed by atoms with van der Waals surface area (Å²) in [6.45, 7) is 0.285. The summed E-state index contributed by atoms with van der Waals surface area (Å²) >= 11 is 0. The summed E-state index contributed by atoms with van der Waals surface area (Å²) in [6, 6.07) is 10.4. The van der Waals surface area contributed by atoms with Crippen LogP contribution in [0.25, 0.3) is 11.5 Å². The van der Waals surface area contributed by atoms with E-state index in [4.69, 9.17) is 19.3 Å². The molecule has 0 saturated carbocycles. The number of carbonyl (C=O) groups excluding carboxylic acids is 2. The van der Waals surface area contributed by atoms with Crippen LogP contribution in [0.2, 0.25) is 0 Å². The van der Waals surface area contributed by atoms with Crippen LogP contribution in [-0.4, -0.2) is 30.6 Å². The SMILES string of the molecule is O=C(OCOC(=O)c1ccc2c(c1)C[N-]CO2)c1ccc(O)cc1.[CH3-].[CH3-].[NH2-].[Y].[Y]. The number of hydrogen-bond donors (Lipinski definition) is 1. The minimum Gasteiger partial charge on any atom is -0.693 e. The molecular formula is C19H22N2O6Y2-4. The Morgan fingerprint density at radius 3 is 2.14 bits per heavy atom. The summed E-state index contributed by atoms with van der Waals surface area (Å²) in [4.78, 5) is 23.7. The predicted molar refractivity (Wildman–Crippen MR) is 101 cm³/mol. The summed E-state index contributed by atoms with van der Waals surface area (Å²) in [5.74, 6) is -0.524. The van der Waals surface area contributed by atoms with E-state index >= 15 is 0 Å². The predicted octanol–water partition coefficient (Wildman–Crippen LogP) is 4.20. The van der Waals surface area contributed by atoms with Gasteiger partial charge in [0.1, 0.15) is 11.5 Å². The number of phenolic OH excluding ortho intramolecular Hbond substituents is 1. The van der Waals surface area contributed by atoms with Gasteiger partial charge in [0.25, 0.3) is 0 Å². The molecule has 1 aliphatic rings. The van der Waals surface area contributed by atoms with Crippen LogP contribution in [0.1, 0.15) is 26.3 Å². The van der Waals surface area contributed by atoms with Gasteiger partial charge in [0.2, 0.25) is 6.79 Å². The number of carbonyl (C=O) groups is 2. The molecule has 0 aromatic heterocycles. The zero-order valence-electron chi connectivity index (χ0n) is 16.3. The van der Waals surface area contributed by atoms with Gasteiger partial charge in [0, 0.05) is 72.1 Å². The van der Waals surface area contributed by atoms with Crippen molar-refractivity contribution in [2.24, 2.45) is 0 Å².